The van der Waals surface area contributed by atoms with Gasteiger partial charge in [0.05, 0.1) is 5.54 Å². The summed E-state index contributed by atoms with van der Waals surface area (Å²) in [6, 6.07) is 8.71. The molecule has 1 aliphatic rings. The maximum Gasteiger partial charge on any atom is 0.313 e. The van der Waals surface area contributed by atoms with Crippen LogP contribution < -0.4 is 5.32 Å². The van der Waals surface area contributed by atoms with Crippen LogP contribution in [0.15, 0.2) is 60.3 Å². The van der Waals surface area contributed by atoms with Gasteiger partial charge in [0.15, 0.2) is 0 Å². The zero-order valence-corrected chi connectivity index (χ0v) is 15.8. The fourth-order valence-corrected chi connectivity index (χ4v) is 2.99. The topological polar surface area (TPSA) is 49.3 Å². The largest absolute Gasteiger partial charge is 0.481 e. The second kappa shape index (κ2) is 7.30. The van der Waals surface area contributed by atoms with Gasteiger partial charge in [-0.05, 0) is 43.0 Å². The normalized spacial score (nSPS) is 23.6. The maximum absolute atomic E-state index is 11.5. The lowest BCUT2D eigenvalue weighted by Crippen LogP contribution is -2.48. The van der Waals surface area contributed by atoms with E-state index in [0.29, 0.717) is 0 Å². The standard InChI is InChI=1S/C22H29NO2/c1-16(14-17-9-11-18(12-10-17)21(2,3)4)15-23-22(5)13-7-6-8-19(22)20(24)25/h6-13,15,19,23H,14H2,1-5H3,(H,24,25)/b16-15+. The van der Waals surface area contributed by atoms with E-state index in [-0.39, 0.29) is 5.41 Å². The minimum absolute atomic E-state index is 0.159. The molecule has 3 nitrogen and oxygen atoms in total. The van der Waals surface area contributed by atoms with Crippen molar-refractivity contribution < 1.29 is 9.90 Å². The molecule has 2 rings (SSSR count). The van der Waals surface area contributed by atoms with Crippen molar-refractivity contribution in [3.8, 4) is 0 Å². The first-order valence-corrected chi connectivity index (χ1v) is 8.73. The highest BCUT2D eigenvalue weighted by Crippen LogP contribution is 2.25. The predicted molar refractivity (Wildman–Crippen MR) is 104 cm³/mol. The molecule has 0 heterocycles. The number of aliphatic carboxylic acids is 1. The average Bonchev–Trinajstić information content (AvgIpc) is 2.53. The lowest BCUT2D eigenvalue weighted by Gasteiger charge is -2.33. The molecule has 2 atom stereocenters. The number of carbonyl (C=O) groups is 1. The van der Waals surface area contributed by atoms with E-state index < -0.39 is 17.4 Å². The molecule has 0 aliphatic heterocycles. The molecule has 1 aliphatic carbocycles. The molecule has 1 aromatic carbocycles. The van der Waals surface area contributed by atoms with E-state index >= 15 is 0 Å². The predicted octanol–water partition coefficient (Wildman–Crippen LogP) is 4.61. The quantitative estimate of drug-likeness (QED) is 0.824. The third kappa shape index (κ3) is 4.85. The summed E-state index contributed by atoms with van der Waals surface area (Å²) >= 11 is 0. The molecule has 2 N–H and O–H groups in total. The first kappa shape index (κ1) is 19.0. The lowest BCUT2D eigenvalue weighted by molar-refractivity contribution is -0.141. The van der Waals surface area contributed by atoms with Crippen molar-refractivity contribution >= 4 is 5.97 Å². The second-order valence-electron chi connectivity index (χ2n) is 8.10. The zero-order valence-electron chi connectivity index (χ0n) is 15.8. The third-order valence-corrected chi connectivity index (χ3v) is 4.70. The molecule has 2 unspecified atom stereocenters. The van der Waals surface area contributed by atoms with Crippen LogP contribution in [0.2, 0.25) is 0 Å². The zero-order chi connectivity index (χ0) is 18.7. The van der Waals surface area contributed by atoms with Crippen LogP contribution in [0.5, 0.6) is 0 Å². The van der Waals surface area contributed by atoms with Gasteiger partial charge in [-0.15, -0.1) is 0 Å². The van der Waals surface area contributed by atoms with Crippen LogP contribution in [0.3, 0.4) is 0 Å². The van der Waals surface area contributed by atoms with Crippen molar-refractivity contribution in [1.29, 1.82) is 0 Å². The van der Waals surface area contributed by atoms with E-state index in [4.69, 9.17) is 0 Å². The minimum atomic E-state index is -0.820. The fourth-order valence-electron chi connectivity index (χ4n) is 2.99. The molecule has 1 aromatic rings. The number of allylic oxidation sites excluding steroid dienone is 3. The number of hydrogen-bond acceptors (Lipinski definition) is 2. The maximum atomic E-state index is 11.5. The average molecular weight is 339 g/mol. The highest BCUT2D eigenvalue weighted by molar-refractivity contribution is 5.75. The van der Waals surface area contributed by atoms with E-state index in [2.05, 4.69) is 57.3 Å². The van der Waals surface area contributed by atoms with Gasteiger partial charge in [-0.2, -0.15) is 0 Å². The van der Waals surface area contributed by atoms with Gasteiger partial charge < -0.3 is 10.4 Å². The van der Waals surface area contributed by atoms with Crippen LogP contribution in [-0.2, 0) is 16.6 Å². The van der Waals surface area contributed by atoms with E-state index in [0.717, 1.165) is 12.0 Å². The molecule has 0 amide bonds. The van der Waals surface area contributed by atoms with Crippen LogP contribution in [0.1, 0.15) is 45.7 Å². The molecule has 0 saturated heterocycles. The fraction of sp³-hybridized carbons (Fsp3) is 0.409. The number of carboxylic acids is 1. The Bertz CT molecular complexity index is 705. The summed E-state index contributed by atoms with van der Waals surface area (Å²) < 4.78 is 0. The van der Waals surface area contributed by atoms with E-state index in [9.17, 15) is 9.90 Å². The van der Waals surface area contributed by atoms with Crippen LogP contribution in [0.25, 0.3) is 0 Å². The number of carboxylic acid groups (broad SMARTS) is 1. The van der Waals surface area contributed by atoms with Gasteiger partial charge in [-0.3, -0.25) is 4.79 Å². The van der Waals surface area contributed by atoms with Crippen LogP contribution in [0, 0.1) is 5.92 Å². The summed E-state index contributed by atoms with van der Waals surface area (Å²) in [6.07, 6.45) is 10.1. The highest BCUT2D eigenvalue weighted by Gasteiger charge is 2.35. The van der Waals surface area contributed by atoms with Gasteiger partial charge in [0.1, 0.15) is 5.92 Å². The number of nitrogens with one attached hydrogen (secondary N) is 1. The number of benzene rings is 1. The molecule has 0 aromatic heterocycles. The van der Waals surface area contributed by atoms with Gasteiger partial charge in [-0.1, -0.05) is 74.9 Å². The van der Waals surface area contributed by atoms with Crippen molar-refractivity contribution in [1.82, 2.24) is 5.32 Å². The highest BCUT2D eigenvalue weighted by atomic mass is 16.4. The monoisotopic (exact) mass is 339 g/mol. The van der Waals surface area contributed by atoms with Gasteiger partial charge in [0.25, 0.3) is 0 Å². The molecule has 0 saturated carbocycles. The summed E-state index contributed by atoms with van der Waals surface area (Å²) in [5.41, 5.74) is 3.29. The van der Waals surface area contributed by atoms with Gasteiger partial charge in [0, 0.05) is 0 Å². The Balaban J connectivity index is 2.05. The third-order valence-electron chi connectivity index (χ3n) is 4.70. The summed E-state index contributed by atoms with van der Waals surface area (Å²) in [5, 5.41) is 12.7. The molecule has 0 bridgehead atoms. The molecule has 134 valence electrons. The first-order chi connectivity index (χ1) is 11.6. The van der Waals surface area contributed by atoms with Gasteiger partial charge in [0.2, 0.25) is 0 Å². The Hall–Kier alpha value is -2.29. The van der Waals surface area contributed by atoms with Crippen LogP contribution in [0.4, 0.5) is 0 Å². The molecular formula is C22H29NO2. The Kier molecular flexibility index (Phi) is 5.56. The smallest absolute Gasteiger partial charge is 0.313 e. The summed E-state index contributed by atoms with van der Waals surface area (Å²) in [6.45, 7) is 10.6. The van der Waals surface area contributed by atoms with Gasteiger partial charge >= 0.3 is 5.97 Å². The van der Waals surface area contributed by atoms with Crippen molar-refractivity contribution in [2.45, 2.75) is 52.0 Å². The van der Waals surface area contributed by atoms with E-state index in [1.165, 1.54) is 11.1 Å². The SMILES string of the molecule is C/C(=C\NC1(C)C=CC=CC1C(=O)O)Cc1ccc(C(C)(C)C)cc1. The van der Waals surface area contributed by atoms with Crippen LogP contribution >= 0.6 is 0 Å². The second-order valence-corrected chi connectivity index (χ2v) is 8.10. The first-order valence-electron chi connectivity index (χ1n) is 8.73. The Morgan fingerprint density at radius 2 is 1.88 bits per heavy atom. The summed E-state index contributed by atoms with van der Waals surface area (Å²) in [4.78, 5) is 11.5. The van der Waals surface area contributed by atoms with E-state index in [1.807, 2.05) is 25.3 Å². The molecule has 0 radical (unpaired) electrons. The lowest BCUT2D eigenvalue weighted by atomic mass is 9.82. The summed E-state index contributed by atoms with van der Waals surface area (Å²) in [5.74, 6) is -1.40. The van der Waals surface area contributed by atoms with Crippen LogP contribution in [-0.4, -0.2) is 16.6 Å². The molecule has 3 heteroatoms. The Morgan fingerprint density at radius 3 is 2.44 bits per heavy atom. The van der Waals surface area contributed by atoms with Crippen molar-refractivity contribution in [2.24, 2.45) is 5.92 Å². The van der Waals surface area contributed by atoms with Crippen molar-refractivity contribution in [3.05, 3.63) is 71.5 Å². The molecule has 0 fully saturated rings. The Labute approximate surface area is 151 Å². The number of rotatable bonds is 5. The van der Waals surface area contributed by atoms with Crippen molar-refractivity contribution in [3.63, 3.8) is 0 Å². The minimum Gasteiger partial charge on any atom is -0.481 e. The number of hydrogen-bond donors (Lipinski definition) is 2. The molecule has 25 heavy (non-hydrogen) atoms. The molecule has 0 spiro atoms. The molecular weight excluding hydrogens is 310 g/mol. The summed E-state index contributed by atoms with van der Waals surface area (Å²) in [7, 11) is 0. The van der Waals surface area contributed by atoms with E-state index in [1.54, 1.807) is 12.2 Å². The van der Waals surface area contributed by atoms with Crippen molar-refractivity contribution in [2.75, 3.05) is 0 Å². The Morgan fingerprint density at radius 1 is 1.24 bits per heavy atom. The van der Waals surface area contributed by atoms with Gasteiger partial charge in [-0.25, -0.2) is 0 Å².